The molecular formula is C21H19F2N5OS2. The van der Waals surface area contributed by atoms with Gasteiger partial charge in [0.1, 0.15) is 16.5 Å². The summed E-state index contributed by atoms with van der Waals surface area (Å²) in [4.78, 5) is 6.02. The summed E-state index contributed by atoms with van der Waals surface area (Å²) in [5.41, 5.74) is 7.31. The minimum absolute atomic E-state index is 0.0498. The topological polar surface area (TPSA) is 78.8 Å². The highest BCUT2D eigenvalue weighted by molar-refractivity contribution is 7.98. The van der Waals surface area contributed by atoms with E-state index >= 15 is 0 Å². The predicted molar refractivity (Wildman–Crippen MR) is 118 cm³/mol. The minimum Gasteiger partial charge on any atom is -0.397 e. The van der Waals surface area contributed by atoms with E-state index < -0.39 is 11.6 Å². The molecule has 4 heterocycles. The summed E-state index contributed by atoms with van der Waals surface area (Å²) < 4.78 is 35.4. The van der Waals surface area contributed by atoms with Crippen LogP contribution in [0.3, 0.4) is 0 Å². The van der Waals surface area contributed by atoms with Crippen molar-refractivity contribution < 1.29 is 13.5 Å². The third-order valence-corrected chi connectivity index (χ3v) is 7.34. The molecule has 5 rings (SSSR count). The van der Waals surface area contributed by atoms with Gasteiger partial charge >= 0.3 is 0 Å². The Morgan fingerprint density at radius 2 is 2.16 bits per heavy atom. The highest BCUT2D eigenvalue weighted by Crippen LogP contribution is 2.40. The Hall–Kier alpha value is -2.56. The molecule has 1 aliphatic rings. The van der Waals surface area contributed by atoms with Gasteiger partial charge in [0.05, 0.1) is 23.2 Å². The molecule has 4 aromatic rings. The lowest BCUT2D eigenvalue weighted by Crippen LogP contribution is -2.16. The summed E-state index contributed by atoms with van der Waals surface area (Å²) in [7, 11) is 0. The van der Waals surface area contributed by atoms with Crippen LogP contribution in [-0.2, 0) is 17.0 Å². The minimum atomic E-state index is -0.468. The number of thiophene rings is 1. The van der Waals surface area contributed by atoms with E-state index in [-0.39, 0.29) is 17.4 Å². The van der Waals surface area contributed by atoms with Crippen LogP contribution in [0.1, 0.15) is 18.4 Å². The van der Waals surface area contributed by atoms with E-state index in [2.05, 4.69) is 15.2 Å². The number of aromatic nitrogens is 4. The number of hydrogen-bond donors (Lipinski definition) is 1. The molecule has 0 bridgehead atoms. The number of fused-ring (bicyclic) bond motifs is 1. The highest BCUT2D eigenvalue weighted by Gasteiger charge is 2.25. The number of hydrogen-bond acceptors (Lipinski definition) is 7. The van der Waals surface area contributed by atoms with Crippen molar-refractivity contribution in [2.45, 2.75) is 36.4 Å². The Kier molecular flexibility index (Phi) is 5.59. The summed E-state index contributed by atoms with van der Waals surface area (Å²) in [6.45, 7) is 1.30. The standard InChI is InChI=1S/C21H19F2N5OS2/c22-13-5-6-16(23)12(9-13)11-30-21-27-26-19(28(21)10-14-3-2-8-29-14)18-17(24)15-4-1-7-25-20(15)31-18/h1,4-7,9,14H,2-3,8,10-11,24H2/t14-/m0/s1. The Balaban J connectivity index is 1.51. The van der Waals surface area contributed by atoms with Gasteiger partial charge in [-0.25, -0.2) is 13.8 Å². The van der Waals surface area contributed by atoms with Gasteiger partial charge in [0.15, 0.2) is 11.0 Å². The fourth-order valence-corrected chi connectivity index (χ4v) is 5.61. The molecule has 0 spiro atoms. The molecule has 1 aliphatic heterocycles. The number of thioether (sulfide) groups is 1. The van der Waals surface area contributed by atoms with E-state index in [1.807, 2.05) is 16.7 Å². The molecule has 1 atom stereocenters. The van der Waals surface area contributed by atoms with Crippen molar-refractivity contribution in [3.05, 3.63) is 53.7 Å². The molecule has 0 radical (unpaired) electrons. The van der Waals surface area contributed by atoms with Gasteiger partial charge in [0.25, 0.3) is 0 Å². The second-order valence-electron chi connectivity index (χ2n) is 7.28. The molecule has 3 aromatic heterocycles. The molecule has 0 aliphatic carbocycles. The average molecular weight is 460 g/mol. The number of anilines is 1. The lowest BCUT2D eigenvalue weighted by atomic mass is 10.2. The zero-order chi connectivity index (χ0) is 21.4. The lowest BCUT2D eigenvalue weighted by Gasteiger charge is -2.14. The third-order valence-electron chi connectivity index (χ3n) is 5.20. The smallest absolute Gasteiger partial charge is 0.191 e. The maximum Gasteiger partial charge on any atom is 0.191 e. The molecule has 1 aromatic carbocycles. The fraction of sp³-hybridized carbons (Fsp3) is 0.286. The number of rotatable bonds is 6. The monoisotopic (exact) mass is 459 g/mol. The molecule has 0 unspecified atom stereocenters. The zero-order valence-electron chi connectivity index (χ0n) is 16.4. The van der Waals surface area contributed by atoms with E-state index in [1.54, 1.807) is 6.20 Å². The summed E-state index contributed by atoms with van der Waals surface area (Å²) in [5.74, 6) is -0.0436. The molecule has 10 heteroatoms. The molecule has 160 valence electrons. The van der Waals surface area contributed by atoms with Crippen LogP contribution in [0.2, 0.25) is 0 Å². The number of nitrogens with two attached hydrogens (primary N) is 1. The van der Waals surface area contributed by atoms with Crippen molar-refractivity contribution in [3.8, 4) is 10.7 Å². The largest absolute Gasteiger partial charge is 0.397 e. The second kappa shape index (κ2) is 8.52. The number of nitrogen functional groups attached to an aromatic ring is 1. The normalized spacial score (nSPS) is 16.4. The van der Waals surface area contributed by atoms with Crippen molar-refractivity contribution in [2.75, 3.05) is 12.3 Å². The van der Waals surface area contributed by atoms with Gasteiger partial charge < -0.3 is 10.5 Å². The Bertz CT molecular complexity index is 1240. The quantitative estimate of drug-likeness (QED) is 0.414. The number of ether oxygens (including phenoxy) is 1. The molecular weight excluding hydrogens is 440 g/mol. The first-order valence-electron chi connectivity index (χ1n) is 9.85. The van der Waals surface area contributed by atoms with E-state index in [0.29, 0.717) is 23.2 Å². The van der Waals surface area contributed by atoms with Crippen molar-refractivity contribution in [2.24, 2.45) is 0 Å². The van der Waals surface area contributed by atoms with E-state index in [0.717, 1.165) is 46.7 Å². The van der Waals surface area contributed by atoms with Crippen LogP contribution < -0.4 is 5.73 Å². The number of benzene rings is 1. The van der Waals surface area contributed by atoms with Crippen LogP contribution in [0.25, 0.3) is 20.9 Å². The van der Waals surface area contributed by atoms with Crippen LogP contribution in [0.4, 0.5) is 14.5 Å². The SMILES string of the molecule is Nc1c(-c2nnc(SCc3cc(F)ccc3F)n2C[C@@H]2CCCO2)sc2ncccc12. The lowest BCUT2D eigenvalue weighted by molar-refractivity contribution is 0.0953. The average Bonchev–Trinajstić information content (AvgIpc) is 3.50. The zero-order valence-corrected chi connectivity index (χ0v) is 18.1. The van der Waals surface area contributed by atoms with Crippen molar-refractivity contribution in [3.63, 3.8) is 0 Å². The Morgan fingerprint density at radius 3 is 2.97 bits per heavy atom. The molecule has 1 saturated heterocycles. The third kappa shape index (κ3) is 4.02. The molecule has 2 N–H and O–H groups in total. The predicted octanol–water partition coefficient (Wildman–Crippen LogP) is 4.89. The molecule has 6 nitrogen and oxygen atoms in total. The van der Waals surface area contributed by atoms with Crippen LogP contribution in [-0.4, -0.2) is 32.5 Å². The summed E-state index contributed by atoms with van der Waals surface area (Å²) in [6.07, 6.45) is 3.74. The maximum absolute atomic E-state index is 14.1. The van der Waals surface area contributed by atoms with Crippen LogP contribution in [0.15, 0.2) is 41.7 Å². The van der Waals surface area contributed by atoms with Crippen molar-refractivity contribution in [1.82, 2.24) is 19.7 Å². The first kappa shape index (κ1) is 20.3. The van der Waals surface area contributed by atoms with Gasteiger partial charge in [-0.2, -0.15) is 0 Å². The van der Waals surface area contributed by atoms with Gasteiger partial charge in [-0.3, -0.25) is 4.57 Å². The van der Waals surface area contributed by atoms with E-state index in [4.69, 9.17) is 10.5 Å². The van der Waals surface area contributed by atoms with E-state index in [1.165, 1.54) is 29.2 Å². The number of halogens is 2. The summed E-state index contributed by atoms with van der Waals surface area (Å²) in [6, 6.07) is 7.24. The van der Waals surface area contributed by atoms with Gasteiger partial charge in [0.2, 0.25) is 0 Å². The van der Waals surface area contributed by atoms with Crippen LogP contribution in [0.5, 0.6) is 0 Å². The Morgan fingerprint density at radius 1 is 1.26 bits per heavy atom. The number of pyridine rings is 1. The van der Waals surface area contributed by atoms with Crippen molar-refractivity contribution >= 4 is 39.0 Å². The molecule has 1 fully saturated rings. The number of nitrogens with zero attached hydrogens (tertiary/aromatic N) is 4. The van der Waals surface area contributed by atoms with E-state index in [9.17, 15) is 8.78 Å². The maximum atomic E-state index is 14.1. The molecule has 0 amide bonds. The highest BCUT2D eigenvalue weighted by atomic mass is 32.2. The first-order valence-corrected chi connectivity index (χ1v) is 11.7. The molecule has 0 saturated carbocycles. The fourth-order valence-electron chi connectivity index (χ4n) is 3.63. The van der Waals surface area contributed by atoms with Gasteiger partial charge in [-0.05, 0) is 43.2 Å². The summed E-state index contributed by atoms with van der Waals surface area (Å²) in [5, 5.41) is 10.2. The van der Waals surface area contributed by atoms with Crippen LogP contribution in [0, 0.1) is 11.6 Å². The van der Waals surface area contributed by atoms with Gasteiger partial charge in [0, 0.05) is 29.5 Å². The second-order valence-corrected chi connectivity index (χ2v) is 9.22. The Labute approximate surface area is 185 Å². The van der Waals surface area contributed by atoms with Crippen LogP contribution >= 0.6 is 23.1 Å². The van der Waals surface area contributed by atoms with Gasteiger partial charge in [-0.1, -0.05) is 11.8 Å². The summed E-state index contributed by atoms with van der Waals surface area (Å²) >= 11 is 2.77. The first-order chi connectivity index (χ1) is 15.1. The molecule has 31 heavy (non-hydrogen) atoms. The van der Waals surface area contributed by atoms with Crippen molar-refractivity contribution in [1.29, 1.82) is 0 Å². The van der Waals surface area contributed by atoms with Gasteiger partial charge in [-0.15, -0.1) is 21.5 Å².